The van der Waals surface area contributed by atoms with E-state index < -0.39 is 21.6 Å². The number of nitrogens with zero attached hydrogens (tertiary/aromatic N) is 3. The number of anilines is 1. The second-order valence-electron chi connectivity index (χ2n) is 7.95. The molecule has 0 aliphatic rings. The van der Waals surface area contributed by atoms with Crippen LogP contribution in [0.3, 0.4) is 0 Å². The fourth-order valence-corrected chi connectivity index (χ4v) is 4.92. The number of nitrogens with one attached hydrogen (secondary N) is 2. The number of aromatic nitrogens is 2. The number of rotatable bonds is 7. The number of amides is 1. The van der Waals surface area contributed by atoms with Crippen molar-refractivity contribution < 1.29 is 13.2 Å². The number of carbonyl (C=O) groups excluding carboxylic acids is 1. The first-order valence-corrected chi connectivity index (χ1v) is 12.7. The first kappa shape index (κ1) is 25.2. The molecule has 1 atom stereocenters. The van der Waals surface area contributed by atoms with Gasteiger partial charge in [-0.25, -0.2) is 18.1 Å². The SMILES string of the molecule is CC(=O)Nc1ccc(S(=O)(=O)NC(C)c2nc3ccccc3c(=O)n2/N=C/c2cccc(Cl)c2)cc1. The summed E-state index contributed by atoms with van der Waals surface area (Å²) in [6.07, 6.45) is 1.45. The van der Waals surface area contributed by atoms with Gasteiger partial charge >= 0.3 is 0 Å². The van der Waals surface area contributed by atoms with Crippen molar-refractivity contribution in [3.8, 4) is 0 Å². The normalized spacial score (nSPS) is 12.6. The summed E-state index contributed by atoms with van der Waals surface area (Å²) in [5.74, 6) is -0.161. The molecule has 4 rings (SSSR count). The van der Waals surface area contributed by atoms with Gasteiger partial charge in [0.05, 0.1) is 28.1 Å². The number of hydrogen-bond acceptors (Lipinski definition) is 6. The molecule has 1 unspecified atom stereocenters. The average molecular weight is 524 g/mol. The number of halogens is 1. The summed E-state index contributed by atoms with van der Waals surface area (Å²) in [5.41, 5.74) is 1.09. The van der Waals surface area contributed by atoms with Crippen molar-refractivity contribution in [2.45, 2.75) is 24.8 Å². The lowest BCUT2D eigenvalue weighted by Crippen LogP contribution is -2.32. The first-order chi connectivity index (χ1) is 17.1. The Bertz CT molecular complexity index is 1630. The highest BCUT2D eigenvalue weighted by molar-refractivity contribution is 7.89. The van der Waals surface area contributed by atoms with Gasteiger partial charge in [-0.1, -0.05) is 35.9 Å². The Morgan fingerprint density at radius 1 is 1.08 bits per heavy atom. The van der Waals surface area contributed by atoms with Crippen LogP contribution in [0.2, 0.25) is 5.02 Å². The van der Waals surface area contributed by atoms with E-state index in [1.54, 1.807) is 55.5 Å². The van der Waals surface area contributed by atoms with Gasteiger partial charge in [0, 0.05) is 17.6 Å². The molecule has 36 heavy (non-hydrogen) atoms. The van der Waals surface area contributed by atoms with E-state index in [0.717, 1.165) is 4.68 Å². The Labute approximate surface area is 212 Å². The molecular weight excluding hydrogens is 502 g/mol. The first-order valence-electron chi connectivity index (χ1n) is 10.9. The number of fused-ring (bicyclic) bond motifs is 1. The van der Waals surface area contributed by atoms with Crippen LogP contribution in [0.1, 0.15) is 31.3 Å². The van der Waals surface area contributed by atoms with Crippen LogP contribution in [0.5, 0.6) is 0 Å². The van der Waals surface area contributed by atoms with Crippen molar-refractivity contribution in [1.82, 2.24) is 14.4 Å². The van der Waals surface area contributed by atoms with Crippen LogP contribution < -0.4 is 15.6 Å². The van der Waals surface area contributed by atoms with E-state index in [0.29, 0.717) is 27.2 Å². The minimum absolute atomic E-state index is 0.0134. The van der Waals surface area contributed by atoms with E-state index in [4.69, 9.17) is 11.6 Å². The number of sulfonamides is 1. The number of carbonyl (C=O) groups is 1. The maximum atomic E-state index is 13.3. The van der Waals surface area contributed by atoms with Gasteiger partial charge in [-0.15, -0.1) is 0 Å². The molecule has 1 aromatic heterocycles. The lowest BCUT2D eigenvalue weighted by Gasteiger charge is -2.17. The van der Waals surface area contributed by atoms with Gasteiger partial charge in [-0.2, -0.15) is 9.78 Å². The maximum Gasteiger partial charge on any atom is 0.282 e. The van der Waals surface area contributed by atoms with Crippen LogP contribution in [0.4, 0.5) is 5.69 Å². The molecule has 1 heterocycles. The number of para-hydroxylation sites is 1. The highest BCUT2D eigenvalue weighted by atomic mass is 35.5. The molecule has 0 radical (unpaired) electrons. The summed E-state index contributed by atoms with van der Waals surface area (Å²) < 4.78 is 29.8. The van der Waals surface area contributed by atoms with E-state index >= 15 is 0 Å². The van der Waals surface area contributed by atoms with Crippen LogP contribution in [-0.2, 0) is 14.8 Å². The Morgan fingerprint density at radius 2 is 1.81 bits per heavy atom. The van der Waals surface area contributed by atoms with Crippen molar-refractivity contribution in [2.24, 2.45) is 5.10 Å². The zero-order valence-electron chi connectivity index (χ0n) is 19.3. The van der Waals surface area contributed by atoms with Gasteiger partial charge in [0.2, 0.25) is 15.9 Å². The van der Waals surface area contributed by atoms with Gasteiger partial charge in [0.25, 0.3) is 5.56 Å². The van der Waals surface area contributed by atoms with Crippen molar-refractivity contribution >= 4 is 50.3 Å². The van der Waals surface area contributed by atoms with E-state index in [1.807, 2.05) is 0 Å². The molecule has 1 amide bonds. The molecule has 0 spiro atoms. The van der Waals surface area contributed by atoms with Gasteiger partial charge in [0.15, 0.2) is 5.82 Å². The molecule has 0 saturated carbocycles. The third kappa shape index (κ3) is 5.68. The summed E-state index contributed by atoms with van der Waals surface area (Å²) in [4.78, 5) is 29.0. The smallest absolute Gasteiger partial charge is 0.282 e. The van der Waals surface area contributed by atoms with Crippen molar-refractivity contribution in [3.63, 3.8) is 0 Å². The highest BCUT2D eigenvalue weighted by Crippen LogP contribution is 2.19. The second kappa shape index (κ2) is 10.4. The Balaban J connectivity index is 1.72. The van der Waals surface area contributed by atoms with Gasteiger partial charge in [-0.05, 0) is 61.0 Å². The monoisotopic (exact) mass is 523 g/mol. The molecule has 11 heteroatoms. The van der Waals surface area contributed by atoms with Crippen molar-refractivity contribution in [1.29, 1.82) is 0 Å². The lowest BCUT2D eigenvalue weighted by molar-refractivity contribution is -0.114. The fraction of sp³-hybridized carbons (Fsp3) is 0.120. The van der Waals surface area contributed by atoms with Crippen LogP contribution in [0, 0.1) is 0 Å². The van der Waals surface area contributed by atoms with Crippen molar-refractivity contribution in [2.75, 3.05) is 5.32 Å². The maximum absolute atomic E-state index is 13.3. The Hall–Kier alpha value is -3.86. The predicted octanol–water partition coefficient (Wildman–Crippen LogP) is 3.93. The van der Waals surface area contributed by atoms with Crippen LogP contribution in [0.25, 0.3) is 10.9 Å². The van der Waals surface area contributed by atoms with E-state index in [2.05, 4.69) is 20.1 Å². The molecule has 4 aromatic rings. The Kier molecular flexibility index (Phi) is 7.30. The second-order valence-corrected chi connectivity index (χ2v) is 10.1. The van der Waals surface area contributed by atoms with E-state index in [1.165, 1.54) is 37.4 Å². The molecule has 0 aliphatic heterocycles. The molecule has 0 saturated heterocycles. The van der Waals surface area contributed by atoms with E-state index in [9.17, 15) is 18.0 Å². The minimum Gasteiger partial charge on any atom is -0.326 e. The summed E-state index contributed by atoms with van der Waals surface area (Å²) in [7, 11) is -4.00. The number of hydrogen-bond donors (Lipinski definition) is 2. The van der Waals surface area contributed by atoms with Gasteiger partial charge in [0.1, 0.15) is 0 Å². The molecule has 3 aromatic carbocycles. The summed E-state index contributed by atoms with van der Waals surface area (Å²) >= 11 is 6.04. The van der Waals surface area contributed by atoms with Crippen molar-refractivity contribution in [3.05, 3.63) is 99.6 Å². The zero-order valence-corrected chi connectivity index (χ0v) is 20.9. The topological polar surface area (TPSA) is 123 Å². The predicted molar refractivity (Wildman–Crippen MR) is 140 cm³/mol. The minimum atomic E-state index is -4.00. The fourth-order valence-electron chi connectivity index (χ4n) is 3.52. The molecule has 0 fully saturated rings. The third-order valence-electron chi connectivity index (χ3n) is 5.15. The summed E-state index contributed by atoms with van der Waals surface area (Å²) in [5, 5.41) is 7.75. The molecular formula is C25H22ClN5O4S. The zero-order chi connectivity index (χ0) is 25.9. The van der Waals surface area contributed by atoms with Crippen LogP contribution in [0.15, 0.2) is 87.6 Å². The number of benzene rings is 3. The molecule has 184 valence electrons. The van der Waals surface area contributed by atoms with Gasteiger partial charge in [-0.3, -0.25) is 9.59 Å². The quantitative estimate of drug-likeness (QED) is 0.355. The Morgan fingerprint density at radius 3 is 2.50 bits per heavy atom. The average Bonchev–Trinajstić information content (AvgIpc) is 2.83. The van der Waals surface area contributed by atoms with Crippen LogP contribution >= 0.6 is 11.6 Å². The highest BCUT2D eigenvalue weighted by Gasteiger charge is 2.23. The van der Waals surface area contributed by atoms with Gasteiger partial charge < -0.3 is 5.32 Å². The largest absolute Gasteiger partial charge is 0.326 e. The third-order valence-corrected chi connectivity index (χ3v) is 6.95. The molecule has 0 aliphatic carbocycles. The van der Waals surface area contributed by atoms with Crippen LogP contribution in [-0.4, -0.2) is 30.2 Å². The summed E-state index contributed by atoms with van der Waals surface area (Å²) in [6, 6.07) is 18.5. The standard InChI is InChI=1S/C25H22ClN5O4S/c1-16(30-36(34,35)21-12-10-20(11-13-21)28-17(2)32)24-29-23-9-4-3-8-22(23)25(33)31(24)27-15-18-6-5-7-19(26)14-18/h3-16,30H,1-2H3,(H,28,32)/b27-15+. The lowest BCUT2D eigenvalue weighted by atomic mass is 10.2. The molecule has 0 bridgehead atoms. The van der Waals surface area contributed by atoms with E-state index in [-0.39, 0.29) is 16.6 Å². The molecule has 9 nitrogen and oxygen atoms in total. The molecule has 2 N–H and O–H groups in total. The summed E-state index contributed by atoms with van der Waals surface area (Å²) in [6.45, 7) is 2.93.